The van der Waals surface area contributed by atoms with Crippen LogP contribution in [0, 0.1) is 11.8 Å². The first-order valence-electron chi connectivity index (χ1n) is 9.86. The molecule has 1 saturated heterocycles. The number of hydrogen-bond donors (Lipinski definition) is 2. The van der Waals surface area contributed by atoms with E-state index in [2.05, 4.69) is 10.5 Å². The van der Waals surface area contributed by atoms with Crippen LogP contribution in [0.1, 0.15) is 24.3 Å². The lowest BCUT2D eigenvalue weighted by molar-refractivity contribution is -0.135. The summed E-state index contributed by atoms with van der Waals surface area (Å²) in [6.45, 7) is 1.96. The normalized spacial score (nSPS) is 18.9. The topological polar surface area (TPSA) is 111 Å². The van der Waals surface area contributed by atoms with Crippen molar-refractivity contribution in [1.29, 1.82) is 0 Å². The number of primary amides is 1. The zero-order chi connectivity index (χ0) is 20.6. The molecular weight excluding hydrogens is 372 g/mol. The van der Waals surface area contributed by atoms with Gasteiger partial charge < -0.3 is 25.2 Å². The van der Waals surface area contributed by atoms with Gasteiger partial charge in [-0.25, -0.2) is 0 Å². The molecule has 2 aromatic rings. The third-order valence-corrected chi connectivity index (χ3v) is 5.22. The molecule has 0 radical (unpaired) electrons. The average molecular weight is 400 g/mol. The van der Waals surface area contributed by atoms with Gasteiger partial charge in [-0.15, -0.1) is 0 Å². The molecule has 0 bridgehead atoms. The third kappa shape index (κ3) is 6.32. The number of likely N-dealkylation sites (N-methyl/N-ethyl adjacent to an activating group) is 1. The Morgan fingerprint density at radius 2 is 2.10 bits per heavy atom. The highest BCUT2D eigenvalue weighted by molar-refractivity contribution is 5.83. The van der Waals surface area contributed by atoms with E-state index in [0.29, 0.717) is 18.8 Å². The van der Waals surface area contributed by atoms with E-state index in [1.165, 1.54) is 4.90 Å². The summed E-state index contributed by atoms with van der Waals surface area (Å²) in [6.07, 6.45) is 2.03. The van der Waals surface area contributed by atoms with Crippen LogP contribution in [-0.2, 0) is 22.6 Å². The monoisotopic (exact) mass is 400 g/mol. The lowest BCUT2D eigenvalue weighted by Crippen LogP contribution is -2.42. The van der Waals surface area contributed by atoms with Gasteiger partial charge in [-0.1, -0.05) is 23.4 Å². The van der Waals surface area contributed by atoms with Crippen LogP contribution >= 0.6 is 0 Å². The average Bonchev–Trinajstić information content (AvgIpc) is 3.15. The van der Waals surface area contributed by atoms with Crippen molar-refractivity contribution < 1.29 is 18.8 Å². The van der Waals surface area contributed by atoms with Crippen molar-refractivity contribution in [3.05, 3.63) is 47.9 Å². The quantitative estimate of drug-likeness (QED) is 0.657. The summed E-state index contributed by atoms with van der Waals surface area (Å²) >= 11 is 0. The fourth-order valence-corrected chi connectivity index (χ4v) is 3.65. The van der Waals surface area contributed by atoms with Crippen LogP contribution in [0.15, 0.2) is 40.9 Å². The van der Waals surface area contributed by atoms with Crippen LogP contribution in [0.25, 0.3) is 0 Å². The maximum absolute atomic E-state index is 12.4. The van der Waals surface area contributed by atoms with Gasteiger partial charge in [0.05, 0.1) is 12.2 Å². The summed E-state index contributed by atoms with van der Waals surface area (Å²) in [7, 11) is 1.61. The third-order valence-electron chi connectivity index (χ3n) is 5.22. The summed E-state index contributed by atoms with van der Waals surface area (Å²) in [4.78, 5) is 24.9. The molecular formula is C21H28N4O4. The molecule has 1 aliphatic rings. The Bertz CT molecular complexity index is 808. The van der Waals surface area contributed by atoms with Crippen molar-refractivity contribution in [2.24, 2.45) is 17.6 Å². The molecule has 2 atom stereocenters. The van der Waals surface area contributed by atoms with Gasteiger partial charge >= 0.3 is 0 Å². The number of benzene rings is 1. The number of rotatable bonds is 9. The molecule has 156 valence electrons. The number of carbonyl (C=O) groups excluding carboxylic acids is 2. The zero-order valence-electron chi connectivity index (χ0n) is 16.7. The number of hydrogen-bond acceptors (Lipinski definition) is 6. The van der Waals surface area contributed by atoms with E-state index < -0.39 is 5.91 Å². The minimum atomic E-state index is -0.504. The molecule has 1 aliphatic heterocycles. The summed E-state index contributed by atoms with van der Waals surface area (Å²) in [5.74, 6) is 1.37. The van der Waals surface area contributed by atoms with Crippen molar-refractivity contribution in [2.45, 2.75) is 25.9 Å². The predicted octanol–water partition coefficient (Wildman–Crippen LogP) is 1.36. The molecule has 8 nitrogen and oxygen atoms in total. The standard InChI is InChI=1S/C21H28N4O4/c1-25(13-20(22)26)21(27)10-15-7-8-23-12-16(15)9-17-11-19(29-24-17)14-28-18-5-3-2-4-6-18/h2-6,11,15-16,23H,7-10,12-14H2,1H3,(H2,22,26). The molecule has 29 heavy (non-hydrogen) atoms. The summed E-state index contributed by atoms with van der Waals surface area (Å²) in [5, 5.41) is 7.56. The zero-order valence-corrected chi connectivity index (χ0v) is 16.7. The molecule has 2 heterocycles. The second-order valence-electron chi connectivity index (χ2n) is 7.52. The van der Waals surface area contributed by atoms with Crippen molar-refractivity contribution in [3.8, 4) is 5.75 Å². The molecule has 2 amide bonds. The molecule has 3 rings (SSSR count). The van der Waals surface area contributed by atoms with Crippen molar-refractivity contribution in [2.75, 3.05) is 26.7 Å². The van der Waals surface area contributed by atoms with Crippen molar-refractivity contribution in [1.82, 2.24) is 15.4 Å². The minimum absolute atomic E-state index is 0.0530. The molecule has 1 fully saturated rings. The van der Waals surface area contributed by atoms with Crippen LogP contribution in [0.4, 0.5) is 0 Å². The van der Waals surface area contributed by atoms with Crippen LogP contribution in [0.2, 0.25) is 0 Å². The van der Waals surface area contributed by atoms with Gasteiger partial charge in [0.2, 0.25) is 11.8 Å². The lowest BCUT2D eigenvalue weighted by atomic mass is 9.81. The maximum Gasteiger partial charge on any atom is 0.237 e. The first-order valence-corrected chi connectivity index (χ1v) is 9.86. The van der Waals surface area contributed by atoms with Gasteiger partial charge in [-0.05, 0) is 49.9 Å². The second-order valence-corrected chi connectivity index (χ2v) is 7.52. The Kier molecular flexibility index (Phi) is 7.24. The lowest BCUT2D eigenvalue weighted by Gasteiger charge is -2.32. The smallest absolute Gasteiger partial charge is 0.237 e. The van der Waals surface area contributed by atoms with Crippen molar-refractivity contribution in [3.63, 3.8) is 0 Å². The van der Waals surface area contributed by atoms with E-state index in [-0.39, 0.29) is 24.3 Å². The summed E-state index contributed by atoms with van der Waals surface area (Å²) < 4.78 is 11.1. The molecule has 3 N–H and O–H groups in total. The van der Waals surface area contributed by atoms with Crippen LogP contribution in [0.5, 0.6) is 5.75 Å². The highest BCUT2D eigenvalue weighted by Gasteiger charge is 2.29. The maximum atomic E-state index is 12.4. The number of carbonyl (C=O) groups is 2. The number of nitrogens with zero attached hydrogens (tertiary/aromatic N) is 2. The minimum Gasteiger partial charge on any atom is -0.486 e. The van der Waals surface area contributed by atoms with Crippen LogP contribution in [0.3, 0.4) is 0 Å². The highest BCUT2D eigenvalue weighted by Crippen LogP contribution is 2.27. The first kappa shape index (κ1) is 20.9. The molecule has 2 unspecified atom stereocenters. The van der Waals surface area contributed by atoms with Gasteiger partial charge in [0.25, 0.3) is 0 Å². The number of aromatic nitrogens is 1. The fourth-order valence-electron chi connectivity index (χ4n) is 3.65. The molecule has 1 aromatic heterocycles. The first-order chi connectivity index (χ1) is 14.0. The molecule has 0 saturated carbocycles. The second kappa shape index (κ2) is 10.1. The van der Waals surface area contributed by atoms with E-state index in [0.717, 1.165) is 37.4 Å². The highest BCUT2D eigenvalue weighted by atomic mass is 16.5. The molecule has 8 heteroatoms. The van der Waals surface area contributed by atoms with Crippen LogP contribution in [-0.4, -0.2) is 48.6 Å². The van der Waals surface area contributed by atoms with Gasteiger partial charge in [0.15, 0.2) is 5.76 Å². The van der Waals surface area contributed by atoms with Gasteiger partial charge in [-0.3, -0.25) is 9.59 Å². The molecule has 0 aliphatic carbocycles. The number of nitrogens with two attached hydrogens (primary N) is 1. The van der Waals surface area contributed by atoms with Crippen molar-refractivity contribution >= 4 is 11.8 Å². The Morgan fingerprint density at radius 3 is 2.86 bits per heavy atom. The number of ether oxygens (including phenoxy) is 1. The number of amides is 2. The number of para-hydroxylation sites is 1. The van der Waals surface area contributed by atoms with E-state index in [9.17, 15) is 9.59 Å². The van der Waals surface area contributed by atoms with Gasteiger partial charge in [-0.2, -0.15) is 0 Å². The largest absolute Gasteiger partial charge is 0.486 e. The number of piperidine rings is 1. The molecule has 1 aromatic carbocycles. The SMILES string of the molecule is CN(CC(N)=O)C(=O)CC1CCNCC1Cc1cc(COc2ccccc2)on1. The van der Waals surface area contributed by atoms with E-state index in [4.69, 9.17) is 15.0 Å². The van der Waals surface area contributed by atoms with E-state index in [1.54, 1.807) is 7.05 Å². The van der Waals surface area contributed by atoms with Gasteiger partial charge in [0.1, 0.15) is 12.4 Å². The summed E-state index contributed by atoms with van der Waals surface area (Å²) in [5.41, 5.74) is 6.04. The predicted molar refractivity (Wildman–Crippen MR) is 107 cm³/mol. The fraction of sp³-hybridized carbons (Fsp3) is 0.476. The van der Waals surface area contributed by atoms with Crippen LogP contribution < -0.4 is 15.8 Å². The molecule has 0 spiro atoms. The van der Waals surface area contributed by atoms with E-state index >= 15 is 0 Å². The van der Waals surface area contributed by atoms with E-state index in [1.807, 2.05) is 36.4 Å². The summed E-state index contributed by atoms with van der Waals surface area (Å²) in [6, 6.07) is 11.5. The Balaban J connectivity index is 1.54. The Hall–Kier alpha value is -2.87. The Morgan fingerprint density at radius 1 is 1.31 bits per heavy atom. The Labute approximate surface area is 170 Å². The van der Waals surface area contributed by atoms with Gasteiger partial charge in [0, 0.05) is 19.5 Å². The number of nitrogens with one attached hydrogen (secondary N) is 1.